The number of benzene rings is 2. The summed E-state index contributed by atoms with van der Waals surface area (Å²) >= 11 is 9.39. The first-order chi connectivity index (χ1) is 12.8. The van der Waals surface area contributed by atoms with Gasteiger partial charge in [-0.25, -0.2) is 8.42 Å². The van der Waals surface area contributed by atoms with Crippen LogP contribution in [0.3, 0.4) is 0 Å². The molecule has 0 radical (unpaired) electrons. The first kappa shape index (κ1) is 20.3. The summed E-state index contributed by atoms with van der Waals surface area (Å²) in [6, 6.07) is 11.2. The molecule has 27 heavy (non-hydrogen) atoms. The van der Waals surface area contributed by atoms with Crippen molar-refractivity contribution in [3.63, 3.8) is 0 Å². The molecule has 2 aromatic carbocycles. The number of hydrogen-bond acceptors (Lipinski definition) is 3. The number of nitrogens with one attached hydrogen (secondary N) is 1. The number of halogens is 2. The van der Waals surface area contributed by atoms with Gasteiger partial charge in [-0.15, -0.1) is 0 Å². The van der Waals surface area contributed by atoms with Crippen LogP contribution in [-0.2, 0) is 10.0 Å². The topological polar surface area (TPSA) is 66.5 Å². The van der Waals surface area contributed by atoms with Crippen LogP contribution in [0.2, 0.25) is 5.02 Å². The minimum Gasteiger partial charge on any atom is -0.322 e. The van der Waals surface area contributed by atoms with Crippen molar-refractivity contribution in [1.29, 1.82) is 0 Å². The SMILES string of the molecule is CC1CCCN(S(=O)(=O)c2ccc(NC(=O)c3cc(Br)ccc3Cl)cc2)C1. The summed E-state index contributed by atoms with van der Waals surface area (Å²) in [6.07, 6.45) is 1.93. The number of sulfonamides is 1. The number of amides is 1. The maximum atomic E-state index is 12.8. The van der Waals surface area contributed by atoms with Gasteiger partial charge in [0.15, 0.2) is 0 Å². The highest BCUT2D eigenvalue weighted by atomic mass is 79.9. The average molecular weight is 472 g/mol. The Morgan fingerprint density at radius 2 is 1.93 bits per heavy atom. The van der Waals surface area contributed by atoms with E-state index in [9.17, 15) is 13.2 Å². The summed E-state index contributed by atoms with van der Waals surface area (Å²) in [5, 5.41) is 3.08. The van der Waals surface area contributed by atoms with Crippen LogP contribution >= 0.6 is 27.5 Å². The van der Waals surface area contributed by atoms with E-state index in [1.165, 1.54) is 16.4 Å². The molecule has 0 saturated carbocycles. The smallest absolute Gasteiger partial charge is 0.257 e. The molecule has 2 aromatic rings. The van der Waals surface area contributed by atoms with E-state index in [4.69, 9.17) is 11.6 Å². The predicted molar refractivity (Wildman–Crippen MR) is 111 cm³/mol. The van der Waals surface area contributed by atoms with Crippen LogP contribution in [0.25, 0.3) is 0 Å². The minimum atomic E-state index is -3.51. The van der Waals surface area contributed by atoms with Gasteiger partial charge in [0.2, 0.25) is 10.0 Å². The van der Waals surface area contributed by atoms with Crippen LogP contribution in [0.1, 0.15) is 30.1 Å². The second-order valence-electron chi connectivity index (χ2n) is 6.71. The fraction of sp³-hybridized carbons (Fsp3) is 0.316. The molecule has 0 aliphatic carbocycles. The van der Waals surface area contributed by atoms with Crippen LogP contribution in [0.4, 0.5) is 5.69 Å². The van der Waals surface area contributed by atoms with Crippen molar-refractivity contribution in [2.75, 3.05) is 18.4 Å². The third kappa shape index (κ3) is 4.71. The van der Waals surface area contributed by atoms with Crippen molar-refractivity contribution in [2.45, 2.75) is 24.7 Å². The van der Waals surface area contributed by atoms with Gasteiger partial charge in [0.05, 0.1) is 15.5 Å². The van der Waals surface area contributed by atoms with Gasteiger partial charge >= 0.3 is 0 Å². The molecule has 0 bridgehead atoms. The zero-order chi connectivity index (χ0) is 19.6. The predicted octanol–water partition coefficient (Wildman–Crippen LogP) is 4.78. The zero-order valence-corrected chi connectivity index (χ0v) is 17.9. The first-order valence-corrected chi connectivity index (χ1v) is 11.2. The number of carbonyl (C=O) groups excluding carboxylic acids is 1. The van der Waals surface area contributed by atoms with Crippen LogP contribution in [-0.4, -0.2) is 31.7 Å². The molecule has 1 heterocycles. The summed E-state index contributed by atoms with van der Waals surface area (Å²) in [5.41, 5.74) is 0.840. The fourth-order valence-corrected chi connectivity index (χ4v) is 5.26. The Morgan fingerprint density at radius 1 is 1.22 bits per heavy atom. The van der Waals surface area contributed by atoms with E-state index in [0.29, 0.717) is 35.3 Å². The summed E-state index contributed by atoms with van der Waals surface area (Å²) in [6.45, 7) is 3.15. The van der Waals surface area contributed by atoms with Crippen molar-refractivity contribution >= 4 is 49.1 Å². The Labute approximate surface area is 172 Å². The van der Waals surface area contributed by atoms with Crippen LogP contribution in [0, 0.1) is 5.92 Å². The van der Waals surface area contributed by atoms with Gasteiger partial charge in [0.25, 0.3) is 5.91 Å². The molecule has 1 fully saturated rings. The number of hydrogen-bond donors (Lipinski definition) is 1. The summed E-state index contributed by atoms with van der Waals surface area (Å²) in [7, 11) is -3.51. The molecule has 1 amide bonds. The maximum Gasteiger partial charge on any atom is 0.257 e. The lowest BCUT2D eigenvalue weighted by molar-refractivity contribution is 0.102. The Hall–Kier alpha value is -1.41. The summed E-state index contributed by atoms with van der Waals surface area (Å²) in [4.78, 5) is 12.6. The molecule has 8 heteroatoms. The highest BCUT2D eigenvalue weighted by Crippen LogP contribution is 2.25. The van der Waals surface area contributed by atoms with Gasteiger partial charge in [-0.3, -0.25) is 4.79 Å². The van der Waals surface area contributed by atoms with Crippen molar-refractivity contribution in [3.05, 3.63) is 57.5 Å². The molecule has 144 valence electrons. The second kappa shape index (κ2) is 8.31. The largest absolute Gasteiger partial charge is 0.322 e. The summed E-state index contributed by atoms with van der Waals surface area (Å²) < 4.78 is 27.9. The first-order valence-electron chi connectivity index (χ1n) is 8.64. The molecule has 1 N–H and O–H groups in total. The highest BCUT2D eigenvalue weighted by Gasteiger charge is 2.28. The lowest BCUT2D eigenvalue weighted by Gasteiger charge is -2.30. The van der Waals surface area contributed by atoms with E-state index in [1.807, 2.05) is 0 Å². The Morgan fingerprint density at radius 3 is 2.59 bits per heavy atom. The van der Waals surface area contributed by atoms with E-state index in [0.717, 1.165) is 17.3 Å². The van der Waals surface area contributed by atoms with Gasteiger partial charge in [-0.05, 0) is 61.2 Å². The molecular formula is C19H20BrClN2O3S. The van der Waals surface area contributed by atoms with Crippen LogP contribution in [0.5, 0.6) is 0 Å². The molecule has 1 unspecified atom stereocenters. The van der Waals surface area contributed by atoms with Gasteiger partial charge < -0.3 is 5.32 Å². The Bertz CT molecular complexity index is 948. The normalized spacial score (nSPS) is 18.3. The monoisotopic (exact) mass is 470 g/mol. The van der Waals surface area contributed by atoms with Crippen molar-refractivity contribution in [2.24, 2.45) is 5.92 Å². The number of carbonyl (C=O) groups is 1. The third-order valence-corrected chi connectivity index (χ3v) is 7.24. The average Bonchev–Trinajstić information content (AvgIpc) is 2.64. The molecule has 1 saturated heterocycles. The molecular weight excluding hydrogens is 452 g/mol. The fourth-order valence-electron chi connectivity index (χ4n) is 3.09. The number of piperidine rings is 1. The molecule has 5 nitrogen and oxygen atoms in total. The maximum absolute atomic E-state index is 12.8. The van der Waals surface area contributed by atoms with Crippen molar-refractivity contribution < 1.29 is 13.2 Å². The van der Waals surface area contributed by atoms with E-state index in [-0.39, 0.29) is 10.8 Å². The zero-order valence-electron chi connectivity index (χ0n) is 14.8. The van der Waals surface area contributed by atoms with E-state index in [1.54, 1.807) is 30.3 Å². The molecule has 1 aliphatic heterocycles. The van der Waals surface area contributed by atoms with Gasteiger partial charge in [0, 0.05) is 23.2 Å². The van der Waals surface area contributed by atoms with Crippen LogP contribution in [0.15, 0.2) is 51.8 Å². The van der Waals surface area contributed by atoms with Gasteiger partial charge in [-0.1, -0.05) is 34.5 Å². The quantitative estimate of drug-likeness (QED) is 0.698. The molecule has 3 rings (SSSR count). The molecule has 1 atom stereocenters. The van der Waals surface area contributed by atoms with Crippen molar-refractivity contribution in [3.8, 4) is 0 Å². The summed E-state index contributed by atoms with van der Waals surface area (Å²) in [5.74, 6) is 0.00351. The number of nitrogens with zero attached hydrogens (tertiary/aromatic N) is 1. The lowest BCUT2D eigenvalue weighted by atomic mass is 10.0. The van der Waals surface area contributed by atoms with E-state index < -0.39 is 10.0 Å². The molecule has 0 aromatic heterocycles. The Kier molecular flexibility index (Phi) is 6.25. The minimum absolute atomic E-state index is 0.232. The second-order valence-corrected chi connectivity index (χ2v) is 9.97. The van der Waals surface area contributed by atoms with E-state index >= 15 is 0 Å². The van der Waals surface area contributed by atoms with Crippen LogP contribution < -0.4 is 5.32 Å². The molecule has 0 spiro atoms. The van der Waals surface area contributed by atoms with Gasteiger partial charge in [0.1, 0.15) is 0 Å². The van der Waals surface area contributed by atoms with E-state index in [2.05, 4.69) is 28.2 Å². The van der Waals surface area contributed by atoms with Crippen molar-refractivity contribution in [1.82, 2.24) is 4.31 Å². The lowest BCUT2D eigenvalue weighted by Crippen LogP contribution is -2.39. The Balaban J connectivity index is 1.75. The number of rotatable bonds is 4. The standard InChI is InChI=1S/C19H20BrClN2O3S/c1-13-3-2-10-23(12-13)27(25,26)16-7-5-15(6-8-16)22-19(24)17-11-14(20)4-9-18(17)21/h4-9,11,13H,2-3,10,12H2,1H3,(H,22,24). The third-order valence-electron chi connectivity index (χ3n) is 4.54. The molecule has 1 aliphatic rings. The highest BCUT2D eigenvalue weighted by molar-refractivity contribution is 9.10. The number of anilines is 1. The van der Waals surface area contributed by atoms with Gasteiger partial charge in [-0.2, -0.15) is 4.31 Å².